The number of amides is 2. The molecule has 1 aromatic rings. The Bertz CT molecular complexity index is 674. The molecular weight excluding hydrogens is 337 g/mol. The molecule has 0 saturated carbocycles. The van der Waals surface area contributed by atoms with Crippen molar-refractivity contribution in [3.05, 3.63) is 35.1 Å². The molecule has 3 rings (SSSR count). The second-order valence-electron chi connectivity index (χ2n) is 6.91. The molecule has 0 radical (unpaired) electrons. The summed E-state index contributed by atoms with van der Waals surface area (Å²) in [6, 6.07) is 4.50. The second-order valence-corrected chi connectivity index (χ2v) is 6.91. The Kier molecular flexibility index (Phi) is 5.88. The first-order valence-corrected chi connectivity index (χ1v) is 9.08. The SMILES string of the molecule is COCCN1CCC(N2CCN(C(=O)c3ccc(C)c(F)c3)CC2)C1=O. The molecule has 2 heterocycles. The van der Waals surface area contributed by atoms with Crippen molar-refractivity contribution >= 4 is 11.8 Å². The number of likely N-dealkylation sites (tertiary alicyclic amines) is 1. The number of methoxy groups -OCH3 is 1. The summed E-state index contributed by atoms with van der Waals surface area (Å²) in [6.07, 6.45) is 0.819. The molecule has 0 aromatic heterocycles. The van der Waals surface area contributed by atoms with Crippen LogP contribution < -0.4 is 0 Å². The molecule has 0 aliphatic carbocycles. The third-order valence-corrected chi connectivity index (χ3v) is 5.30. The van der Waals surface area contributed by atoms with Gasteiger partial charge < -0.3 is 14.5 Å². The number of ether oxygens (including phenoxy) is 1. The molecule has 2 amide bonds. The van der Waals surface area contributed by atoms with Gasteiger partial charge >= 0.3 is 0 Å². The summed E-state index contributed by atoms with van der Waals surface area (Å²) in [7, 11) is 1.63. The Morgan fingerprint density at radius 1 is 1.23 bits per heavy atom. The summed E-state index contributed by atoms with van der Waals surface area (Å²) in [5.74, 6) is -0.354. The maximum atomic E-state index is 13.7. The van der Waals surface area contributed by atoms with Gasteiger partial charge in [-0.15, -0.1) is 0 Å². The van der Waals surface area contributed by atoms with Crippen molar-refractivity contribution in [2.75, 3.05) is 53.0 Å². The van der Waals surface area contributed by atoms with Crippen LogP contribution >= 0.6 is 0 Å². The van der Waals surface area contributed by atoms with E-state index >= 15 is 0 Å². The van der Waals surface area contributed by atoms with Crippen LogP contribution in [0.4, 0.5) is 4.39 Å². The molecular formula is C19H26FN3O3. The quantitative estimate of drug-likeness (QED) is 0.787. The van der Waals surface area contributed by atoms with E-state index in [1.165, 1.54) is 6.07 Å². The van der Waals surface area contributed by atoms with E-state index in [2.05, 4.69) is 4.90 Å². The van der Waals surface area contributed by atoms with E-state index in [4.69, 9.17) is 4.74 Å². The van der Waals surface area contributed by atoms with Crippen LogP contribution in [-0.4, -0.2) is 85.5 Å². The number of aryl methyl sites for hydroxylation is 1. The molecule has 142 valence electrons. The highest BCUT2D eigenvalue weighted by atomic mass is 19.1. The summed E-state index contributed by atoms with van der Waals surface area (Å²) >= 11 is 0. The van der Waals surface area contributed by atoms with Gasteiger partial charge in [-0.1, -0.05) is 6.07 Å². The van der Waals surface area contributed by atoms with Crippen molar-refractivity contribution in [3.63, 3.8) is 0 Å². The van der Waals surface area contributed by atoms with E-state index in [-0.39, 0.29) is 23.7 Å². The number of rotatable bonds is 5. The number of nitrogens with zero attached hydrogens (tertiary/aromatic N) is 3. The van der Waals surface area contributed by atoms with E-state index in [1.807, 2.05) is 4.90 Å². The smallest absolute Gasteiger partial charge is 0.254 e. The fourth-order valence-corrected chi connectivity index (χ4v) is 3.63. The second kappa shape index (κ2) is 8.14. The van der Waals surface area contributed by atoms with Crippen molar-refractivity contribution in [2.24, 2.45) is 0 Å². The van der Waals surface area contributed by atoms with E-state index in [0.29, 0.717) is 50.5 Å². The van der Waals surface area contributed by atoms with Gasteiger partial charge in [-0.2, -0.15) is 0 Å². The number of hydrogen-bond acceptors (Lipinski definition) is 4. The molecule has 1 atom stereocenters. The Morgan fingerprint density at radius 2 is 1.96 bits per heavy atom. The van der Waals surface area contributed by atoms with Crippen LogP contribution in [0.2, 0.25) is 0 Å². The zero-order chi connectivity index (χ0) is 18.7. The number of carbonyl (C=O) groups excluding carboxylic acids is 2. The van der Waals surface area contributed by atoms with Crippen molar-refractivity contribution in [3.8, 4) is 0 Å². The molecule has 0 bridgehead atoms. The lowest BCUT2D eigenvalue weighted by Crippen LogP contribution is -2.53. The van der Waals surface area contributed by atoms with E-state index < -0.39 is 0 Å². The standard InChI is InChI=1S/C19H26FN3O3/c1-14-3-4-15(13-16(14)20)18(24)23-9-7-21(8-10-23)17-5-6-22(19(17)25)11-12-26-2/h3-4,13,17H,5-12H2,1-2H3. The van der Waals surface area contributed by atoms with Crippen LogP contribution in [-0.2, 0) is 9.53 Å². The van der Waals surface area contributed by atoms with Crippen LogP contribution in [0.25, 0.3) is 0 Å². The minimum absolute atomic E-state index is 0.0964. The van der Waals surface area contributed by atoms with Crippen molar-refractivity contribution < 1.29 is 18.7 Å². The minimum Gasteiger partial charge on any atom is -0.383 e. The summed E-state index contributed by atoms with van der Waals surface area (Å²) in [4.78, 5) is 30.8. The first-order chi connectivity index (χ1) is 12.5. The average molecular weight is 363 g/mol. The maximum Gasteiger partial charge on any atom is 0.254 e. The van der Waals surface area contributed by atoms with Crippen molar-refractivity contribution in [1.82, 2.24) is 14.7 Å². The summed E-state index contributed by atoms with van der Waals surface area (Å²) in [5, 5.41) is 0. The molecule has 7 heteroatoms. The van der Waals surface area contributed by atoms with Gasteiger partial charge in [-0.3, -0.25) is 14.5 Å². The maximum absolute atomic E-state index is 13.7. The van der Waals surface area contributed by atoms with E-state index in [9.17, 15) is 14.0 Å². The summed E-state index contributed by atoms with van der Waals surface area (Å²) < 4.78 is 18.8. The van der Waals surface area contributed by atoms with Crippen LogP contribution in [0.15, 0.2) is 18.2 Å². The highest BCUT2D eigenvalue weighted by Gasteiger charge is 2.37. The molecule has 1 aromatic carbocycles. The molecule has 2 saturated heterocycles. The molecule has 6 nitrogen and oxygen atoms in total. The highest BCUT2D eigenvalue weighted by Crippen LogP contribution is 2.20. The van der Waals surface area contributed by atoms with Gasteiger partial charge in [0, 0.05) is 51.9 Å². The van der Waals surface area contributed by atoms with Crippen molar-refractivity contribution in [2.45, 2.75) is 19.4 Å². The third kappa shape index (κ3) is 3.88. The third-order valence-electron chi connectivity index (χ3n) is 5.30. The average Bonchev–Trinajstić information content (AvgIpc) is 3.02. The lowest BCUT2D eigenvalue weighted by Gasteiger charge is -2.37. The normalized spacial score (nSPS) is 21.5. The molecule has 0 spiro atoms. The molecule has 2 fully saturated rings. The van der Waals surface area contributed by atoms with Gasteiger partial charge in [0.15, 0.2) is 0 Å². The first kappa shape index (κ1) is 18.8. The van der Waals surface area contributed by atoms with E-state index in [0.717, 1.165) is 13.0 Å². The van der Waals surface area contributed by atoms with Crippen LogP contribution in [0, 0.1) is 12.7 Å². The topological polar surface area (TPSA) is 53.1 Å². The molecule has 0 N–H and O–H groups in total. The fourth-order valence-electron chi connectivity index (χ4n) is 3.63. The lowest BCUT2D eigenvalue weighted by atomic mass is 10.1. The summed E-state index contributed by atoms with van der Waals surface area (Å²) in [5.41, 5.74) is 0.911. The molecule has 26 heavy (non-hydrogen) atoms. The number of carbonyl (C=O) groups is 2. The van der Waals surface area contributed by atoms with Gasteiger partial charge in [-0.25, -0.2) is 4.39 Å². The lowest BCUT2D eigenvalue weighted by molar-refractivity contribution is -0.133. The van der Waals surface area contributed by atoms with E-state index in [1.54, 1.807) is 31.1 Å². The molecule has 2 aliphatic rings. The Morgan fingerprint density at radius 3 is 2.62 bits per heavy atom. The van der Waals surface area contributed by atoms with Gasteiger partial charge in [0.05, 0.1) is 12.6 Å². The first-order valence-electron chi connectivity index (χ1n) is 9.08. The summed E-state index contributed by atoms with van der Waals surface area (Å²) in [6.45, 7) is 6.04. The number of piperazine rings is 1. The Balaban J connectivity index is 1.55. The monoisotopic (exact) mass is 363 g/mol. The van der Waals surface area contributed by atoms with Crippen LogP contribution in [0.1, 0.15) is 22.3 Å². The van der Waals surface area contributed by atoms with Gasteiger partial charge in [0.1, 0.15) is 5.82 Å². The predicted molar refractivity (Wildman–Crippen MR) is 95.5 cm³/mol. The van der Waals surface area contributed by atoms with Gasteiger partial charge in [-0.05, 0) is 31.0 Å². The zero-order valence-electron chi connectivity index (χ0n) is 15.4. The van der Waals surface area contributed by atoms with Crippen molar-refractivity contribution in [1.29, 1.82) is 0 Å². The van der Waals surface area contributed by atoms with Gasteiger partial charge in [0.2, 0.25) is 5.91 Å². The zero-order valence-corrected chi connectivity index (χ0v) is 15.4. The van der Waals surface area contributed by atoms with Crippen LogP contribution in [0.3, 0.4) is 0 Å². The highest BCUT2D eigenvalue weighted by molar-refractivity contribution is 5.94. The number of halogens is 1. The Hall–Kier alpha value is -1.99. The largest absolute Gasteiger partial charge is 0.383 e. The van der Waals surface area contributed by atoms with Crippen LogP contribution in [0.5, 0.6) is 0 Å². The number of benzene rings is 1. The molecule has 1 unspecified atom stereocenters. The predicted octanol–water partition coefficient (Wildman–Crippen LogP) is 1.14. The van der Waals surface area contributed by atoms with Gasteiger partial charge in [0.25, 0.3) is 5.91 Å². The Labute approximate surface area is 153 Å². The number of hydrogen-bond donors (Lipinski definition) is 0. The fraction of sp³-hybridized carbons (Fsp3) is 0.579. The minimum atomic E-state index is -0.359. The molecule has 2 aliphatic heterocycles.